The van der Waals surface area contributed by atoms with Gasteiger partial charge in [0.25, 0.3) is 0 Å². The molecule has 1 heterocycles. The fourth-order valence-corrected chi connectivity index (χ4v) is 6.66. The normalized spacial score (nSPS) is 23.9. The van der Waals surface area contributed by atoms with Crippen LogP contribution in [0.1, 0.15) is 41.0 Å². The molecule has 0 amide bonds. The van der Waals surface area contributed by atoms with E-state index < -0.39 is 0 Å². The zero-order valence-electron chi connectivity index (χ0n) is 13.8. The average Bonchev–Trinajstić information content (AvgIpc) is 2.99. The molecule has 120 valence electrons. The van der Waals surface area contributed by atoms with Gasteiger partial charge in [0.15, 0.2) is 0 Å². The first-order valence-electron chi connectivity index (χ1n) is 7.87. The van der Waals surface area contributed by atoms with E-state index >= 15 is 0 Å². The van der Waals surface area contributed by atoms with Gasteiger partial charge in [0.05, 0.1) is 0 Å². The summed E-state index contributed by atoms with van der Waals surface area (Å²) in [4.78, 5) is 12.8. The van der Waals surface area contributed by atoms with Gasteiger partial charge in [-0.25, -0.2) is 0 Å². The molecular weight excluding hydrogens is 355 g/mol. The Morgan fingerprint density at radius 3 is 2.57 bits per heavy atom. The summed E-state index contributed by atoms with van der Waals surface area (Å²) >= 11 is 0.0850. The maximum absolute atomic E-state index is 12.8. The van der Waals surface area contributed by atoms with Crippen LogP contribution < -0.4 is 9.47 Å². The molecule has 3 nitrogen and oxygen atoms in total. The number of carbonyl (C=O) groups excluding carboxylic acids is 1. The second-order valence-corrected chi connectivity index (χ2v) is 9.20. The predicted octanol–water partition coefficient (Wildman–Crippen LogP) is 3.75. The molecule has 5 rings (SSSR count). The van der Waals surface area contributed by atoms with E-state index in [1.807, 2.05) is 18.2 Å². The third-order valence-electron chi connectivity index (χ3n) is 5.62. The number of ketones is 1. The van der Waals surface area contributed by atoms with Crippen molar-refractivity contribution >= 4 is 20.3 Å². The van der Waals surface area contributed by atoms with Gasteiger partial charge in [-0.1, -0.05) is 0 Å². The third kappa shape index (κ3) is 1.98. The van der Waals surface area contributed by atoms with E-state index in [0.717, 1.165) is 27.9 Å². The first-order valence-corrected chi connectivity index (χ1v) is 9.59. The summed E-state index contributed by atoms with van der Waals surface area (Å²) in [7, 11) is 3.33. The van der Waals surface area contributed by atoms with E-state index in [-0.39, 0.29) is 25.8 Å². The first-order chi connectivity index (χ1) is 11.0. The molecule has 23 heavy (non-hydrogen) atoms. The molecule has 0 radical (unpaired) electrons. The molecule has 1 aromatic heterocycles. The maximum atomic E-state index is 12.8. The van der Waals surface area contributed by atoms with Crippen molar-refractivity contribution in [3.8, 4) is 21.5 Å². The van der Waals surface area contributed by atoms with Crippen LogP contribution in [0.5, 0.6) is 11.5 Å². The molecule has 1 aromatic carbocycles. The minimum atomic E-state index is 0.0850. The first kappa shape index (κ1) is 15.0. The molecule has 1 saturated carbocycles. The monoisotopic (exact) mass is 376 g/mol. The molecule has 3 aliphatic rings. The molecule has 3 aliphatic carbocycles. The second-order valence-electron chi connectivity index (χ2n) is 6.99. The number of benzene rings is 1. The fourth-order valence-electron chi connectivity index (χ4n) is 4.05. The average molecular weight is 375 g/mol. The van der Waals surface area contributed by atoms with E-state index in [2.05, 4.69) is 19.9 Å². The molecule has 0 N–H and O–H groups in total. The van der Waals surface area contributed by atoms with Crippen LogP contribution in [-0.4, -0.2) is 34.5 Å². The Morgan fingerprint density at radius 2 is 1.91 bits per heavy atom. The van der Waals surface area contributed by atoms with Crippen molar-refractivity contribution in [2.45, 2.75) is 26.2 Å². The number of rotatable bonds is 3. The van der Waals surface area contributed by atoms with Crippen LogP contribution in [0.3, 0.4) is 0 Å². The van der Waals surface area contributed by atoms with Gasteiger partial charge in [-0.3, -0.25) is 0 Å². The standard InChI is InChI=1S/C19H20O3Se/c1-19(2)13-9-14(19)17(20)18-12(13)8-16(23-18)11-6-5-10(21-3)7-15(11)22-4/h5-8,13-14H,9H2,1-4H3/t13-,14+/m0/s1. The second kappa shape index (κ2) is 4.99. The van der Waals surface area contributed by atoms with Gasteiger partial charge in [0, 0.05) is 0 Å². The van der Waals surface area contributed by atoms with Crippen molar-refractivity contribution in [2.75, 3.05) is 14.2 Å². The van der Waals surface area contributed by atoms with Crippen LogP contribution >= 0.6 is 0 Å². The molecule has 0 unspecified atom stereocenters. The van der Waals surface area contributed by atoms with Gasteiger partial charge in [-0.05, 0) is 0 Å². The van der Waals surface area contributed by atoms with Gasteiger partial charge in [-0.2, -0.15) is 0 Å². The molecule has 4 heteroatoms. The van der Waals surface area contributed by atoms with Crippen molar-refractivity contribution in [2.24, 2.45) is 11.3 Å². The number of hydrogen-bond acceptors (Lipinski definition) is 3. The van der Waals surface area contributed by atoms with Gasteiger partial charge in [0.1, 0.15) is 0 Å². The topological polar surface area (TPSA) is 35.5 Å². The predicted molar refractivity (Wildman–Crippen MR) is 90.9 cm³/mol. The molecule has 2 atom stereocenters. The van der Waals surface area contributed by atoms with Crippen molar-refractivity contribution in [3.63, 3.8) is 0 Å². The molecular formula is C19H20O3Se. The number of Topliss-reactive ketones (excluding diaryl/α,β-unsaturated/α-hetero) is 1. The molecule has 0 saturated heterocycles. The Balaban J connectivity index is 1.82. The SMILES string of the molecule is COc1ccc(-c2cc3c([se]2)C(=O)[C@H]2C[C@@H]3C2(C)C)c(OC)c1. The summed E-state index contributed by atoms with van der Waals surface area (Å²) in [6.45, 7) is 4.47. The fraction of sp³-hybridized carbons (Fsp3) is 0.421. The van der Waals surface area contributed by atoms with Crippen LogP contribution in [0.15, 0.2) is 24.3 Å². The Hall–Kier alpha value is -1.51. The summed E-state index contributed by atoms with van der Waals surface area (Å²) in [6.07, 6.45) is 1.03. The zero-order chi connectivity index (χ0) is 16.4. The Labute approximate surface area is 142 Å². The van der Waals surface area contributed by atoms with Gasteiger partial charge >= 0.3 is 142 Å². The van der Waals surface area contributed by atoms with Crippen LogP contribution in [0.4, 0.5) is 0 Å². The molecule has 1 fully saturated rings. The van der Waals surface area contributed by atoms with Gasteiger partial charge in [-0.15, -0.1) is 0 Å². The molecule has 0 spiro atoms. The minimum absolute atomic E-state index is 0.0850. The van der Waals surface area contributed by atoms with Crippen LogP contribution in [0.25, 0.3) is 10.0 Å². The van der Waals surface area contributed by atoms with Gasteiger partial charge in [0.2, 0.25) is 0 Å². The van der Waals surface area contributed by atoms with Crippen molar-refractivity contribution in [1.29, 1.82) is 0 Å². The van der Waals surface area contributed by atoms with Gasteiger partial charge < -0.3 is 0 Å². The van der Waals surface area contributed by atoms with E-state index in [1.165, 1.54) is 10.0 Å². The third-order valence-corrected chi connectivity index (χ3v) is 8.13. The summed E-state index contributed by atoms with van der Waals surface area (Å²) in [5.74, 6) is 2.78. The van der Waals surface area contributed by atoms with Crippen LogP contribution in [0, 0.1) is 11.3 Å². The van der Waals surface area contributed by atoms with E-state index in [4.69, 9.17) is 9.47 Å². The molecule has 0 aliphatic heterocycles. The number of methoxy groups -OCH3 is 2. The van der Waals surface area contributed by atoms with Crippen molar-refractivity contribution in [1.82, 2.24) is 0 Å². The Bertz CT molecular complexity index is 803. The quantitative estimate of drug-likeness (QED) is 0.767. The van der Waals surface area contributed by atoms with Crippen LogP contribution in [-0.2, 0) is 0 Å². The number of hydrogen-bond donors (Lipinski definition) is 0. The number of ether oxygens (including phenoxy) is 2. The van der Waals surface area contributed by atoms with E-state index in [9.17, 15) is 4.79 Å². The van der Waals surface area contributed by atoms with Crippen molar-refractivity contribution in [3.05, 3.63) is 34.3 Å². The van der Waals surface area contributed by atoms with Crippen molar-refractivity contribution < 1.29 is 14.3 Å². The van der Waals surface area contributed by atoms with E-state index in [0.29, 0.717) is 11.7 Å². The summed E-state index contributed by atoms with van der Waals surface area (Å²) in [5.41, 5.74) is 2.52. The van der Waals surface area contributed by atoms with E-state index in [1.54, 1.807) is 14.2 Å². The molecule has 2 bridgehead atoms. The number of carbonyl (C=O) groups is 1. The van der Waals surface area contributed by atoms with Crippen LogP contribution in [0.2, 0.25) is 0 Å². The Kier molecular flexibility index (Phi) is 3.26. The summed E-state index contributed by atoms with van der Waals surface area (Å²) in [5, 5.41) is 0. The summed E-state index contributed by atoms with van der Waals surface area (Å²) < 4.78 is 13.2. The Morgan fingerprint density at radius 1 is 1.13 bits per heavy atom. The summed E-state index contributed by atoms with van der Waals surface area (Å²) in [6, 6.07) is 8.18. The zero-order valence-corrected chi connectivity index (χ0v) is 15.5. The molecule has 2 aromatic rings.